The summed E-state index contributed by atoms with van der Waals surface area (Å²) in [6.45, 7) is 0.467. The highest BCUT2D eigenvalue weighted by atomic mass is 35.5. The number of aromatic nitrogens is 1. The van der Waals surface area contributed by atoms with Gasteiger partial charge in [-0.2, -0.15) is 13.2 Å². The predicted molar refractivity (Wildman–Crippen MR) is 88.1 cm³/mol. The molecule has 4 nitrogen and oxygen atoms in total. The average molecular weight is 393 g/mol. The zero-order valence-corrected chi connectivity index (χ0v) is 14.3. The molecular weight excluding hydrogens is 380 g/mol. The van der Waals surface area contributed by atoms with Crippen LogP contribution < -0.4 is 10.1 Å². The third-order valence-electron chi connectivity index (χ3n) is 3.14. The molecule has 2 rings (SSSR count). The lowest BCUT2D eigenvalue weighted by Gasteiger charge is -2.11. The maximum Gasteiger partial charge on any atom is 0.416 e. The Bertz CT molecular complexity index is 754. The highest BCUT2D eigenvalue weighted by Gasteiger charge is 2.31. The lowest BCUT2D eigenvalue weighted by molar-refractivity contribution is -0.137. The number of hydrogen-bond donors (Lipinski definition) is 1. The summed E-state index contributed by atoms with van der Waals surface area (Å²) >= 11 is 11.7. The topological polar surface area (TPSA) is 51.2 Å². The number of ether oxygens (including phenoxy) is 1. The van der Waals surface area contributed by atoms with Crippen molar-refractivity contribution < 1.29 is 22.7 Å². The van der Waals surface area contributed by atoms with Gasteiger partial charge in [-0.3, -0.25) is 9.78 Å². The van der Waals surface area contributed by atoms with E-state index in [0.717, 1.165) is 12.1 Å². The Hall–Kier alpha value is -1.99. The van der Waals surface area contributed by atoms with Gasteiger partial charge in [-0.05, 0) is 30.7 Å². The molecule has 0 spiro atoms. The molecule has 1 amide bonds. The third-order valence-corrected chi connectivity index (χ3v) is 3.76. The SMILES string of the molecule is O=C(NCCCOc1ccc(C(F)(F)F)cc1Cl)c1cnccc1Cl. The van der Waals surface area contributed by atoms with Crippen molar-refractivity contribution in [3.05, 3.63) is 57.8 Å². The first-order valence-corrected chi connectivity index (χ1v) is 7.92. The van der Waals surface area contributed by atoms with E-state index in [9.17, 15) is 18.0 Å². The molecule has 2 aromatic rings. The van der Waals surface area contributed by atoms with Gasteiger partial charge < -0.3 is 10.1 Å². The molecule has 0 unspecified atom stereocenters. The van der Waals surface area contributed by atoms with Crippen LogP contribution in [0.2, 0.25) is 10.0 Å². The van der Waals surface area contributed by atoms with Crippen LogP contribution in [0, 0.1) is 0 Å². The summed E-state index contributed by atoms with van der Waals surface area (Å²) in [7, 11) is 0. The smallest absolute Gasteiger partial charge is 0.416 e. The molecule has 0 saturated carbocycles. The first-order chi connectivity index (χ1) is 11.8. The Morgan fingerprint density at radius 2 is 1.96 bits per heavy atom. The van der Waals surface area contributed by atoms with Crippen molar-refractivity contribution >= 4 is 29.1 Å². The van der Waals surface area contributed by atoms with Gasteiger partial charge >= 0.3 is 6.18 Å². The van der Waals surface area contributed by atoms with Crippen LogP contribution in [0.3, 0.4) is 0 Å². The Morgan fingerprint density at radius 1 is 1.20 bits per heavy atom. The predicted octanol–water partition coefficient (Wildman–Crippen LogP) is 4.61. The molecule has 0 saturated heterocycles. The fraction of sp³-hybridized carbons (Fsp3) is 0.250. The lowest BCUT2D eigenvalue weighted by atomic mass is 10.2. The largest absolute Gasteiger partial charge is 0.492 e. The molecule has 1 aromatic heterocycles. The maximum absolute atomic E-state index is 12.5. The van der Waals surface area contributed by atoms with Gasteiger partial charge in [0.2, 0.25) is 0 Å². The number of halogens is 5. The van der Waals surface area contributed by atoms with Crippen LogP contribution >= 0.6 is 23.2 Å². The number of alkyl halides is 3. The normalized spacial score (nSPS) is 11.2. The minimum atomic E-state index is -4.46. The molecule has 0 aliphatic rings. The molecule has 25 heavy (non-hydrogen) atoms. The van der Waals surface area contributed by atoms with Crippen LogP contribution in [0.1, 0.15) is 22.3 Å². The Kier molecular flexibility index (Phi) is 6.50. The van der Waals surface area contributed by atoms with E-state index in [2.05, 4.69) is 10.3 Å². The Labute approximate surface area is 151 Å². The highest BCUT2D eigenvalue weighted by Crippen LogP contribution is 2.34. The quantitative estimate of drug-likeness (QED) is 0.730. The van der Waals surface area contributed by atoms with Gasteiger partial charge in [0.15, 0.2) is 0 Å². The monoisotopic (exact) mass is 392 g/mol. The molecule has 1 heterocycles. The zero-order chi connectivity index (χ0) is 18.4. The number of nitrogens with zero attached hydrogens (tertiary/aromatic N) is 1. The highest BCUT2D eigenvalue weighted by molar-refractivity contribution is 6.33. The summed E-state index contributed by atoms with van der Waals surface area (Å²) in [4.78, 5) is 15.7. The number of pyridine rings is 1. The molecule has 0 radical (unpaired) electrons. The molecule has 1 aromatic carbocycles. The van der Waals surface area contributed by atoms with E-state index in [1.165, 1.54) is 24.5 Å². The molecule has 0 fully saturated rings. The minimum absolute atomic E-state index is 0.124. The number of benzene rings is 1. The molecule has 0 aliphatic carbocycles. The number of nitrogens with one attached hydrogen (secondary N) is 1. The zero-order valence-electron chi connectivity index (χ0n) is 12.7. The fourth-order valence-electron chi connectivity index (χ4n) is 1.89. The van der Waals surface area contributed by atoms with Crippen molar-refractivity contribution in [3.8, 4) is 5.75 Å². The number of carbonyl (C=O) groups is 1. The van der Waals surface area contributed by atoms with Crippen molar-refractivity contribution in [2.24, 2.45) is 0 Å². The van der Waals surface area contributed by atoms with Crippen molar-refractivity contribution in [3.63, 3.8) is 0 Å². The van der Waals surface area contributed by atoms with E-state index < -0.39 is 11.7 Å². The standard InChI is InChI=1S/C16H13Cl2F3N2O2/c17-12-4-6-22-9-11(12)15(24)23-5-1-7-25-14-3-2-10(8-13(14)18)16(19,20)21/h2-4,6,8-9H,1,5,7H2,(H,23,24). The molecular formula is C16H13Cl2F3N2O2. The van der Waals surface area contributed by atoms with Crippen LogP contribution in [0.15, 0.2) is 36.7 Å². The first kappa shape index (κ1) is 19.3. The van der Waals surface area contributed by atoms with Gasteiger partial charge in [-0.15, -0.1) is 0 Å². The average Bonchev–Trinajstić information content (AvgIpc) is 2.55. The van der Waals surface area contributed by atoms with E-state index in [0.29, 0.717) is 18.0 Å². The van der Waals surface area contributed by atoms with Gasteiger partial charge in [0.05, 0.1) is 27.8 Å². The van der Waals surface area contributed by atoms with Gasteiger partial charge in [-0.1, -0.05) is 23.2 Å². The van der Waals surface area contributed by atoms with Gasteiger partial charge in [0.1, 0.15) is 5.75 Å². The van der Waals surface area contributed by atoms with Gasteiger partial charge in [-0.25, -0.2) is 0 Å². The van der Waals surface area contributed by atoms with Crippen LogP contribution in [0.5, 0.6) is 5.75 Å². The molecule has 134 valence electrons. The van der Waals surface area contributed by atoms with E-state index >= 15 is 0 Å². The van der Waals surface area contributed by atoms with Crippen molar-refractivity contribution in [2.75, 3.05) is 13.2 Å². The van der Waals surface area contributed by atoms with Crippen molar-refractivity contribution in [2.45, 2.75) is 12.6 Å². The summed E-state index contributed by atoms with van der Waals surface area (Å²) in [5, 5.41) is 2.81. The summed E-state index contributed by atoms with van der Waals surface area (Å²) in [6.07, 6.45) is -1.20. The first-order valence-electron chi connectivity index (χ1n) is 7.16. The summed E-state index contributed by atoms with van der Waals surface area (Å²) in [6, 6.07) is 4.38. The van der Waals surface area contributed by atoms with Crippen LogP contribution in [-0.4, -0.2) is 24.0 Å². The van der Waals surface area contributed by atoms with Gasteiger partial charge in [0.25, 0.3) is 5.91 Å². The molecule has 9 heteroatoms. The molecule has 0 atom stereocenters. The van der Waals surface area contributed by atoms with Crippen molar-refractivity contribution in [1.29, 1.82) is 0 Å². The van der Waals surface area contributed by atoms with E-state index in [1.54, 1.807) is 0 Å². The molecule has 1 N–H and O–H groups in total. The van der Waals surface area contributed by atoms with Crippen LogP contribution in [0.4, 0.5) is 13.2 Å². The Balaban J connectivity index is 1.78. The summed E-state index contributed by atoms with van der Waals surface area (Å²) in [5.41, 5.74) is -0.582. The summed E-state index contributed by atoms with van der Waals surface area (Å²) < 4.78 is 43.0. The molecule has 0 aliphatic heterocycles. The lowest BCUT2D eigenvalue weighted by Crippen LogP contribution is -2.26. The second-order valence-electron chi connectivity index (χ2n) is 4.96. The third kappa shape index (κ3) is 5.51. The number of amides is 1. The number of hydrogen-bond acceptors (Lipinski definition) is 3. The van der Waals surface area contributed by atoms with E-state index in [-0.39, 0.29) is 28.8 Å². The van der Waals surface area contributed by atoms with E-state index in [1.807, 2.05) is 0 Å². The maximum atomic E-state index is 12.5. The second kappa shape index (κ2) is 8.40. The number of carbonyl (C=O) groups excluding carboxylic acids is 1. The van der Waals surface area contributed by atoms with Crippen LogP contribution in [0.25, 0.3) is 0 Å². The molecule has 0 bridgehead atoms. The fourth-order valence-corrected chi connectivity index (χ4v) is 2.32. The Morgan fingerprint density at radius 3 is 2.60 bits per heavy atom. The second-order valence-corrected chi connectivity index (χ2v) is 5.77. The van der Waals surface area contributed by atoms with E-state index in [4.69, 9.17) is 27.9 Å². The summed E-state index contributed by atoms with van der Waals surface area (Å²) in [5.74, 6) is -0.220. The van der Waals surface area contributed by atoms with Crippen LogP contribution in [-0.2, 0) is 6.18 Å². The minimum Gasteiger partial charge on any atom is -0.492 e. The van der Waals surface area contributed by atoms with Gasteiger partial charge in [0, 0.05) is 18.9 Å². The number of rotatable bonds is 6. The van der Waals surface area contributed by atoms with Crippen molar-refractivity contribution in [1.82, 2.24) is 10.3 Å².